The van der Waals surface area contributed by atoms with E-state index in [2.05, 4.69) is 0 Å². The van der Waals surface area contributed by atoms with E-state index in [0.717, 1.165) is 19.3 Å². The fourth-order valence-electron chi connectivity index (χ4n) is 2.75. The molecule has 0 N–H and O–H groups in total. The van der Waals surface area contributed by atoms with Gasteiger partial charge >= 0.3 is 5.97 Å². The van der Waals surface area contributed by atoms with Crippen LogP contribution in [0.3, 0.4) is 0 Å². The van der Waals surface area contributed by atoms with Gasteiger partial charge in [0.05, 0.1) is 7.11 Å². The van der Waals surface area contributed by atoms with Crippen LogP contribution in [-0.4, -0.2) is 49.2 Å². The molecule has 0 aliphatic carbocycles. The van der Waals surface area contributed by atoms with Gasteiger partial charge in [-0.2, -0.15) is 0 Å². The summed E-state index contributed by atoms with van der Waals surface area (Å²) in [6.07, 6.45) is 3.13. The maximum atomic E-state index is 12.4. The minimum Gasteiger partial charge on any atom is -0.467 e. The fraction of sp³-hybridized carbons (Fsp3) is 0.846. The first-order chi connectivity index (χ1) is 8.65. The lowest BCUT2D eigenvalue weighted by atomic mass is 9.98. The molecule has 1 amide bonds. The lowest BCUT2D eigenvalue weighted by Crippen LogP contribution is -2.52. The molecular formula is C13H21NO4. The van der Waals surface area contributed by atoms with E-state index in [1.807, 2.05) is 6.92 Å². The Morgan fingerprint density at radius 2 is 2.06 bits per heavy atom. The van der Waals surface area contributed by atoms with Gasteiger partial charge in [-0.15, -0.1) is 0 Å². The summed E-state index contributed by atoms with van der Waals surface area (Å²) >= 11 is 0. The number of ether oxygens (including phenoxy) is 2. The summed E-state index contributed by atoms with van der Waals surface area (Å²) in [5.74, 6) is -0.124. The highest BCUT2D eigenvalue weighted by molar-refractivity contribution is 5.87. The molecule has 2 saturated heterocycles. The van der Waals surface area contributed by atoms with Crippen molar-refractivity contribution in [3.63, 3.8) is 0 Å². The molecule has 0 aromatic rings. The maximum absolute atomic E-state index is 12.4. The van der Waals surface area contributed by atoms with Crippen molar-refractivity contribution in [3.8, 4) is 0 Å². The van der Waals surface area contributed by atoms with E-state index in [9.17, 15) is 9.59 Å². The second-order valence-electron chi connectivity index (χ2n) is 5.12. The van der Waals surface area contributed by atoms with Crippen molar-refractivity contribution in [3.05, 3.63) is 0 Å². The molecule has 0 aromatic heterocycles. The minimum absolute atomic E-state index is 0.0462. The van der Waals surface area contributed by atoms with Gasteiger partial charge in [0.25, 0.3) is 5.91 Å². The second kappa shape index (κ2) is 5.69. The quantitative estimate of drug-likeness (QED) is 0.690. The molecule has 2 aliphatic heterocycles. The van der Waals surface area contributed by atoms with E-state index in [-0.39, 0.29) is 23.9 Å². The predicted octanol–water partition coefficient (Wildman–Crippen LogP) is 0.965. The summed E-state index contributed by atoms with van der Waals surface area (Å²) in [6.45, 7) is 3.28. The number of carbonyl (C=O) groups excluding carboxylic acids is 2. The highest BCUT2D eigenvalue weighted by Gasteiger charge is 2.40. The Hall–Kier alpha value is -1.10. The summed E-state index contributed by atoms with van der Waals surface area (Å²) in [4.78, 5) is 25.8. The van der Waals surface area contributed by atoms with Crippen LogP contribution in [-0.2, 0) is 19.1 Å². The van der Waals surface area contributed by atoms with E-state index < -0.39 is 6.04 Å². The zero-order valence-corrected chi connectivity index (χ0v) is 11.1. The third-order valence-corrected chi connectivity index (χ3v) is 3.89. The van der Waals surface area contributed by atoms with Gasteiger partial charge < -0.3 is 14.4 Å². The van der Waals surface area contributed by atoms with Crippen molar-refractivity contribution in [2.24, 2.45) is 5.92 Å². The van der Waals surface area contributed by atoms with Crippen molar-refractivity contribution in [1.82, 2.24) is 4.90 Å². The summed E-state index contributed by atoms with van der Waals surface area (Å²) in [5, 5.41) is 0. The monoisotopic (exact) mass is 255 g/mol. The molecule has 0 spiro atoms. The number of hydrogen-bond acceptors (Lipinski definition) is 4. The highest BCUT2D eigenvalue weighted by Crippen LogP contribution is 2.26. The third kappa shape index (κ3) is 2.51. The molecule has 102 valence electrons. The number of amides is 1. The SMILES string of the molecule is COC(=O)C1CCCCN1C(=O)C1OCCC1C. The van der Waals surface area contributed by atoms with E-state index in [1.165, 1.54) is 7.11 Å². The molecule has 0 saturated carbocycles. The average Bonchev–Trinajstić information content (AvgIpc) is 2.83. The number of likely N-dealkylation sites (tertiary alicyclic amines) is 1. The van der Waals surface area contributed by atoms with Crippen molar-refractivity contribution >= 4 is 11.9 Å². The smallest absolute Gasteiger partial charge is 0.328 e. The average molecular weight is 255 g/mol. The van der Waals surface area contributed by atoms with Gasteiger partial charge in [0, 0.05) is 13.2 Å². The number of hydrogen-bond donors (Lipinski definition) is 0. The highest BCUT2D eigenvalue weighted by atomic mass is 16.5. The third-order valence-electron chi connectivity index (χ3n) is 3.89. The van der Waals surface area contributed by atoms with Crippen LogP contribution in [0.15, 0.2) is 0 Å². The number of piperidine rings is 1. The van der Waals surface area contributed by atoms with Crippen LogP contribution in [0.5, 0.6) is 0 Å². The second-order valence-corrected chi connectivity index (χ2v) is 5.12. The van der Waals surface area contributed by atoms with Gasteiger partial charge in [0.1, 0.15) is 12.1 Å². The zero-order valence-electron chi connectivity index (χ0n) is 11.1. The molecule has 5 nitrogen and oxygen atoms in total. The first kappa shape index (κ1) is 13.3. The molecule has 2 fully saturated rings. The fourth-order valence-corrected chi connectivity index (χ4v) is 2.75. The molecule has 5 heteroatoms. The van der Waals surface area contributed by atoms with Crippen LogP contribution in [0.4, 0.5) is 0 Å². The molecule has 18 heavy (non-hydrogen) atoms. The van der Waals surface area contributed by atoms with Crippen molar-refractivity contribution < 1.29 is 19.1 Å². The Kier molecular flexibility index (Phi) is 4.22. The minimum atomic E-state index is -0.423. The predicted molar refractivity (Wildman–Crippen MR) is 64.9 cm³/mol. The van der Waals surface area contributed by atoms with Gasteiger partial charge in [-0.25, -0.2) is 4.79 Å². The van der Waals surface area contributed by atoms with Gasteiger partial charge in [0.2, 0.25) is 0 Å². The molecule has 0 aromatic carbocycles. The van der Waals surface area contributed by atoms with Gasteiger partial charge in [-0.3, -0.25) is 4.79 Å². The summed E-state index contributed by atoms with van der Waals surface area (Å²) in [6, 6.07) is -0.423. The van der Waals surface area contributed by atoms with Gasteiger partial charge in [0.15, 0.2) is 0 Å². The molecule has 3 atom stereocenters. The summed E-state index contributed by atoms with van der Waals surface area (Å²) in [7, 11) is 1.37. The number of rotatable bonds is 2. The van der Waals surface area contributed by atoms with E-state index in [1.54, 1.807) is 4.90 Å². The molecule has 2 heterocycles. The Balaban J connectivity index is 2.08. The topological polar surface area (TPSA) is 55.8 Å². The first-order valence-electron chi connectivity index (χ1n) is 6.65. The van der Waals surface area contributed by atoms with Crippen molar-refractivity contribution in [2.45, 2.75) is 44.8 Å². The Bertz CT molecular complexity index is 331. The van der Waals surface area contributed by atoms with Crippen LogP contribution >= 0.6 is 0 Å². The van der Waals surface area contributed by atoms with Gasteiger partial charge in [-0.05, 0) is 31.6 Å². The van der Waals surface area contributed by atoms with Crippen LogP contribution in [0, 0.1) is 5.92 Å². The lowest BCUT2D eigenvalue weighted by molar-refractivity contribution is -0.159. The van der Waals surface area contributed by atoms with Crippen LogP contribution in [0.2, 0.25) is 0 Å². The molecule has 3 unspecified atom stereocenters. The number of methoxy groups -OCH3 is 1. The maximum Gasteiger partial charge on any atom is 0.328 e. The van der Waals surface area contributed by atoms with E-state index >= 15 is 0 Å². The molecule has 2 aliphatic rings. The van der Waals surface area contributed by atoms with Gasteiger partial charge in [-0.1, -0.05) is 6.92 Å². The zero-order chi connectivity index (χ0) is 13.1. The van der Waals surface area contributed by atoms with Crippen molar-refractivity contribution in [2.75, 3.05) is 20.3 Å². The summed E-state index contributed by atoms with van der Waals surface area (Å²) < 4.78 is 10.3. The Morgan fingerprint density at radius 1 is 1.28 bits per heavy atom. The molecule has 2 rings (SSSR count). The number of carbonyl (C=O) groups is 2. The van der Waals surface area contributed by atoms with E-state index in [0.29, 0.717) is 19.6 Å². The van der Waals surface area contributed by atoms with Crippen LogP contribution < -0.4 is 0 Å². The molecule has 0 bridgehead atoms. The largest absolute Gasteiger partial charge is 0.467 e. The lowest BCUT2D eigenvalue weighted by Gasteiger charge is -2.35. The number of nitrogens with zero attached hydrogens (tertiary/aromatic N) is 1. The Labute approximate surface area is 107 Å². The van der Waals surface area contributed by atoms with Crippen LogP contribution in [0.1, 0.15) is 32.6 Å². The van der Waals surface area contributed by atoms with E-state index in [4.69, 9.17) is 9.47 Å². The molecular weight excluding hydrogens is 234 g/mol. The normalized spacial score (nSPS) is 32.3. The summed E-state index contributed by atoms with van der Waals surface area (Å²) in [5.41, 5.74) is 0. The molecule has 0 radical (unpaired) electrons. The standard InChI is InChI=1S/C13H21NO4/c1-9-6-8-18-11(9)12(15)14-7-4-3-5-10(14)13(16)17-2/h9-11H,3-8H2,1-2H3. The first-order valence-corrected chi connectivity index (χ1v) is 6.65. The van der Waals surface area contributed by atoms with Crippen molar-refractivity contribution in [1.29, 1.82) is 0 Å². The van der Waals surface area contributed by atoms with Crippen LogP contribution in [0.25, 0.3) is 0 Å². The Morgan fingerprint density at radius 3 is 2.67 bits per heavy atom. The number of esters is 1.